The number of nitrogens with one attached hydrogen (secondary N) is 3. The number of hydrogen-bond acceptors (Lipinski definition) is 7. The number of rotatable bonds is 7. The summed E-state index contributed by atoms with van der Waals surface area (Å²) in [5.74, 6) is 0.691. The van der Waals surface area contributed by atoms with E-state index in [0.29, 0.717) is 59.5 Å². The van der Waals surface area contributed by atoms with Gasteiger partial charge in [0.15, 0.2) is 0 Å². The van der Waals surface area contributed by atoms with Crippen LogP contribution in [0.4, 0.5) is 10.5 Å². The molecule has 0 bridgehead atoms. The van der Waals surface area contributed by atoms with Crippen molar-refractivity contribution in [2.24, 2.45) is 17.6 Å². The lowest BCUT2D eigenvalue weighted by Gasteiger charge is -2.33. The van der Waals surface area contributed by atoms with Gasteiger partial charge in [-0.2, -0.15) is 0 Å². The van der Waals surface area contributed by atoms with Gasteiger partial charge in [0.2, 0.25) is 10.0 Å². The highest BCUT2D eigenvalue weighted by Crippen LogP contribution is 2.43. The van der Waals surface area contributed by atoms with Gasteiger partial charge < -0.3 is 20.4 Å². The van der Waals surface area contributed by atoms with E-state index in [1.165, 1.54) is 17.7 Å². The smallest absolute Gasteiger partial charge is 0.411 e. The van der Waals surface area contributed by atoms with Crippen molar-refractivity contribution in [1.29, 1.82) is 5.41 Å². The van der Waals surface area contributed by atoms with Crippen LogP contribution >= 0.6 is 11.6 Å². The number of H-pyrrole nitrogens is 1. The lowest BCUT2D eigenvalue weighted by molar-refractivity contribution is 0.0720. The third kappa shape index (κ3) is 6.68. The van der Waals surface area contributed by atoms with Crippen LogP contribution in [0.15, 0.2) is 48.5 Å². The zero-order valence-corrected chi connectivity index (χ0v) is 25.4. The van der Waals surface area contributed by atoms with Gasteiger partial charge >= 0.3 is 6.09 Å². The van der Waals surface area contributed by atoms with E-state index in [1.54, 1.807) is 53.4 Å². The summed E-state index contributed by atoms with van der Waals surface area (Å²) in [5.41, 5.74) is 8.39. The molecule has 2 saturated heterocycles. The van der Waals surface area contributed by atoms with E-state index in [2.05, 4.69) is 15.0 Å². The summed E-state index contributed by atoms with van der Waals surface area (Å²) in [4.78, 5) is 35.2. The Kier molecular flexibility index (Phi) is 8.76. The van der Waals surface area contributed by atoms with Gasteiger partial charge in [-0.3, -0.25) is 15.5 Å². The maximum Gasteiger partial charge on any atom is 0.411 e. The number of amides is 2. The molecular weight excluding hydrogens is 594 g/mol. The van der Waals surface area contributed by atoms with Gasteiger partial charge in [0.05, 0.1) is 19.4 Å². The fourth-order valence-corrected chi connectivity index (χ4v) is 7.05. The molecule has 3 heterocycles. The molecule has 2 fully saturated rings. The quantitative estimate of drug-likeness (QED) is 0.225. The average Bonchev–Trinajstić information content (AvgIpc) is 3.61. The highest BCUT2D eigenvalue weighted by molar-refractivity contribution is 7.88. The molecule has 12 nitrogen and oxygen atoms in total. The summed E-state index contributed by atoms with van der Waals surface area (Å²) < 4.78 is 30.2. The van der Waals surface area contributed by atoms with Crippen molar-refractivity contribution in [2.75, 3.05) is 38.3 Å². The normalized spacial score (nSPS) is 19.7. The Morgan fingerprint density at radius 1 is 1.07 bits per heavy atom. The Labute approximate surface area is 255 Å². The molecule has 1 aromatic heterocycles. The number of methoxy groups -OCH3 is 1. The first-order valence-corrected chi connectivity index (χ1v) is 16.1. The Bertz CT molecular complexity index is 1620. The van der Waals surface area contributed by atoms with Crippen molar-refractivity contribution >= 4 is 45.1 Å². The van der Waals surface area contributed by atoms with E-state index in [9.17, 15) is 18.0 Å². The van der Waals surface area contributed by atoms with Crippen LogP contribution in [-0.4, -0.2) is 78.4 Å². The van der Waals surface area contributed by atoms with Crippen LogP contribution < -0.4 is 11.1 Å². The number of benzene rings is 2. The third-order valence-electron chi connectivity index (χ3n) is 8.26. The molecule has 0 radical (unpaired) electrons. The SMILES string of the molecule is COC(=O)Nc1ccc(-c2nc(C3C[C@H](C4CCN(S(C)(=O)=O)CC4)CN3C(=O)c3ccc(C(=N)N)cc3)[nH]c2Cl)cc1. The molecule has 0 aliphatic carbocycles. The number of carbonyl (C=O) groups is 2. The number of nitrogens with zero attached hydrogens (tertiary/aromatic N) is 3. The average molecular weight is 628 g/mol. The summed E-state index contributed by atoms with van der Waals surface area (Å²) in [6, 6.07) is 13.2. The van der Waals surface area contributed by atoms with Crippen molar-refractivity contribution in [3.8, 4) is 11.3 Å². The van der Waals surface area contributed by atoms with Gasteiger partial charge in [0.25, 0.3) is 5.91 Å². The lowest BCUT2D eigenvalue weighted by atomic mass is 9.83. The summed E-state index contributed by atoms with van der Waals surface area (Å²) in [6.07, 6.45) is 2.74. The van der Waals surface area contributed by atoms with Gasteiger partial charge in [0, 0.05) is 42.0 Å². The van der Waals surface area contributed by atoms with E-state index >= 15 is 0 Å². The maximum absolute atomic E-state index is 13.9. The van der Waals surface area contributed by atoms with Crippen LogP contribution in [0.3, 0.4) is 0 Å². The first-order valence-electron chi connectivity index (χ1n) is 13.9. The van der Waals surface area contributed by atoms with Gasteiger partial charge in [0.1, 0.15) is 22.5 Å². The first kappa shape index (κ1) is 30.5. The number of carbonyl (C=O) groups excluding carboxylic acids is 2. The molecule has 0 saturated carbocycles. The highest BCUT2D eigenvalue weighted by Gasteiger charge is 2.42. The van der Waals surface area contributed by atoms with Crippen LogP contribution in [0.2, 0.25) is 5.15 Å². The number of nitrogen functional groups attached to an aromatic ring is 1. The number of sulfonamides is 1. The van der Waals surface area contributed by atoms with E-state index < -0.39 is 16.1 Å². The lowest BCUT2D eigenvalue weighted by Crippen LogP contribution is -2.40. The molecular formula is C29H34ClN7O5S. The van der Waals surface area contributed by atoms with Crippen molar-refractivity contribution in [3.05, 3.63) is 70.6 Å². The number of nitrogens with two attached hydrogens (primary N) is 1. The van der Waals surface area contributed by atoms with Crippen LogP contribution in [-0.2, 0) is 14.8 Å². The molecule has 5 rings (SSSR count). The number of hydrogen-bond donors (Lipinski definition) is 4. The molecule has 0 spiro atoms. The molecule has 2 atom stereocenters. The van der Waals surface area contributed by atoms with Crippen LogP contribution in [0.25, 0.3) is 11.3 Å². The Hall–Kier alpha value is -3.94. The third-order valence-corrected chi connectivity index (χ3v) is 9.83. The molecule has 14 heteroatoms. The fraction of sp³-hybridized carbons (Fsp3) is 0.379. The van der Waals surface area contributed by atoms with Gasteiger partial charge in [-0.05, 0) is 55.4 Å². The molecule has 3 aromatic rings. The second-order valence-corrected chi connectivity index (χ2v) is 13.3. The van der Waals surface area contributed by atoms with E-state index in [4.69, 9.17) is 27.7 Å². The van der Waals surface area contributed by atoms with Gasteiger partial charge in [-0.15, -0.1) is 0 Å². The monoisotopic (exact) mass is 627 g/mol. The molecule has 43 heavy (non-hydrogen) atoms. The molecule has 2 amide bonds. The minimum atomic E-state index is -3.25. The predicted molar refractivity (Wildman–Crippen MR) is 164 cm³/mol. The number of piperidine rings is 1. The Morgan fingerprint density at radius 2 is 1.70 bits per heavy atom. The van der Waals surface area contributed by atoms with E-state index in [0.717, 1.165) is 18.4 Å². The van der Waals surface area contributed by atoms with Gasteiger partial charge in [-0.25, -0.2) is 22.5 Å². The minimum Gasteiger partial charge on any atom is -0.453 e. The summed E-state index contributed by atoms with van der Waals surface area (Å²) in [7, 11) is -1.96. The zero-order chi connectivity index (χ0) is 30.9. The number of halogens is 1. The largest absolute Gasteiger partial charge is 0.453 e. The Balaban J connectivity index is 1.41. The van der Waals surface area contributed by atoms with Crippen molar-refractivity contribution in [2.45, 2.75) is 25.3 Å². The maximum atomic E-state index is 13.9. The van der Waals surface area contributed by atoms with Crippen LogP contribution in [0.1, 0.15) is 47.1 Å². The standard InChI is InChI=1S/C29H34ClN7O5S/c1-42-29(39)33-22-9-7-18(8-10-22)24-25(30)35-27(34-24)23-15-21(17-11-13-36(14-12-17)43(2,40)41)16-37(23)28(38)20-5-3-19(4-6-20)26(31)32/h3-10,17,21,23H,11-16H2,1-2H3,(H3,31,32)(H,33,39)(H,34,35)/t21-,23?/m0/s1. The van der Waals surface area contributed by atoms with E-state index in [-0.39, 0.29) is 29.6 Å². The molecule has 228 valence electrons. The second kappa shape index (κ2) is 12.3. The Morgan fingerprint density at radius 3 is 2.28 bits per heavy atom. The number of ether oxygens (including phenoxy) is 1. The predicted octanol–water partition coefficient (Wildman–Crippen LogP) is 4.07. The number of aromatic amines is 1. The first-order chi connectivity index (χ1) is 20.4. The summed E-state index contributed by atoms with van der Waals surface area (Å²) in [6.45, 7) is 1.41. The second-order valence-electron chi connectivity index (χ2n) is 10.9. The number of imidazole rings is 1. The zero-order valence-electron chi connectivity index (χ0n) is 23.8. The highest BCUT2D eigenvalue weighted by atomic mass is 35.5. The topological polar surface area (TPSA) is 175 Å². The minimum absolute atomic E-state index is 0.0783. The molecule has 2 aliphatic rings. The molecule has 5 N–H and O–H groups in total. The van der Waals surface area contributed by atoms with Crippen molar-refractivity contribution in [3.63, 3.8) is 0 Å². The van der Waals surface area contributed by atoms with E-state index in [1.807, 2.05) is 0 Å². The van der Waals surface area contributed by atoms with Crippen LogP contribution in [0.5, 0.6) is 0 Å². The summed E-state index contributed by atoms with van der Waals surface area (Å²) >= 11 is 6.63. The van der Waals surface area contributed by atoms with Gasteiger partial charge in [-0.1, -0.05) is 35.9 Å². The van der Waals surface area contributed by atoms with Crippen molar-refractivity contribution in [1.82, 2.24) is 19.2 Å². The molecule has 2 aliphatic heterocycles. The van der Waals surface area contributed by atoms with Crippen molar-refractivity contribution < 1.29 is 22.7 Å². The number of likely N-dealkylation sites (tertiary alicyclic amines) is 1. The molecule has 2 aromatic carbocycles. The fourth-order valence-electron chi connectivity index (χ4n) is 5.93. The van der Waals surface area contributed by atoms with Crippen LogP contribution in [0, 0.1) is 17.2 Å². The number of aromatic nitrogens is 2. The molecule has 1 unspecified atom stereocenters. The summed E-state index contributed by atoms with van der Waals surface area (Å²) in [5, 5.41) is 10.6. The number of anilines is 1. The number of amidine groups is 1.